The van der Waals surface area contributed by atoms with Crippen molar-refractivity contribution in [3.63, 3.8) is 0 Å². The van der Waals surface area contributed by atoms with E-state index in [0.29, 0.717) is 18.7 Å². The molecule has 0 bridgehead atoms. The van der Waals surface area contributed by atoms with Crippen molar-refractivity contribution < 1.29 is 14.7 Å². The normalized spacial score (nSPS) is 14.5. The van der Waals surface area contributed by atoms with E-state index < -0.39 is 0 Å². The largest absolute Gasteiger partial charge is 0.395 e. The molecule has 1 amide bonds. The minimum atomic E-state index is -0.292. The smallest absolute Gasteiger partial charge is 0.276 e. The Bertz CT molecular complexity index is 1050. The fraction of sp³-hybridized carbons (Fsp3) is 0.333. The van der Waals surface area contributed by atoms with Crippen LogP contribution in [-0.2, 0) is 24.5 Å². The van der Waals surface area contributed by atoms with Gasteiger partial charge in [-0.3, -0.25) is 24.4 Å². The van der Waals surface area contributed by atoms with E-state index in [1.807, 2.05) is 42.5 Å². The molecule has 0 unspecified atom stereocenters. The maximum atomic E-state index is 12.7. The SMILES string of the molecule is O=C(NOCc1ccc(CN2CCN(CCO)CC2)cc1)c1ccccc1NCc1ccncc1. The zero-order valence-corrected chi connectivity index (χ0v) is 19.9. The monoisotopic (exact) mass is 475 g/mol. The fourth-order valence-electron chi connectivity index (χ4n) is 4.08. The number of carbonyl (C=O) groups is 1. The van der Waals surface area contributed by atoms with Gasteiger partial charge in [-0.25, -0.2) is 5.48 Å². The average molecular weight is 476 g/mol. The lowest BCUT2D eigenvalue weighted by molar-refractivity contribution is 0.0234. The molecule has 4 rings (SSSR count). The Hall–Kier alpha value is -3.30. The van der Waals surface area contributed by atoms with Gasteiger partial charge in [0.05, 0.1) is 18.8 Å². The number of aliphatic hydroxyl groups is 1. The van der Waals surface area contributed by atoms with Gasteiger partial charge in [0.15, 0.2) is 0 Å². The van der Waals surface area contributed by atoms with Crippen molar-refractivity contribution in [1.29, 1.82) is 0 Å². The summed E-state index contributed by atoms with van der Waals surface area (Å²) in [7, 11) is 0. The van der Waals surface area contributed by atoms with Crippen LogP contribution in [0, 0.1) is 0 Å². The molecule has 1 saturated heterocycles. The number of anilines is 1. The van der Waals surface area contributed by atoms with Crippen LogP contribution in [0.1, 0.15) is 27.0 Å². The van der Waals surface area contributed by atoms with Crippen LogP contribution in [0.4, 0.5) is 5.69 Å². The number of pyridine rings is 1. The molecule has 0 aliphatic carbocycles. The second-order valence-corrected chi connectivity index (χ2v) is 8.63. The van der Waals surface area contributed by atoms with Crippen molar-refractivity contribution in [2.45, 2.75) is 19.7 Å². The summed E-state index contributed by atoms with van der Waals surface area (Å²) in [6.07, 6.45) is 3.49. The van der Waals surface area contributed by atoms with Crippen LogP contribution < -0.4 is 10.8 Å². The van der Waals surface area contributed by atoms with Gasteiger partial charge in [0.1, 0.15) is 0 Å². The molecule has 0 atom stereocenters. The highest BCUT2D eigenvalue weighted by Crippen LogP contribution is 2.16. The van der Waals surface area contributed by atoms with E-state index in [1.54, 1.807) is 18.5 Å². The van der Waals surface area contributed by atoms with Crippen molar-refractivity contribution in [2.24, 2.45) is 0 Å². The number of piperazine rings is 1. The number of benzene rings is 2. The molecule has 35 heavy (non-hydrogen) atoms. The maximum Gasteiger partial charge on any atom is 0.276 e. The lowest BCUT2D eigenvalue weighted by atomic mass is 10.1. The first-order chi connectivity index (χ1) is 17.2. The van der Waals surface area contributed by atoms with E-state index in [2.05, 4.69) is 37.7 Å². The number of para-hydroxylation sites is 1. The van der Waals surface area contributed by atoms with E-state index in [9.17, 15) is 4.79 Å². The summed E-state index contributed by atoms with van der Waals surface area (Å²) in [5.74, 6) is -0.292. The van der Waals surface area contributed by atoms with Crippen LogP contribution in [0.25, 0.3) is 0 Å². The third kappa shape index (κ3) is 7.60. The Morgan fingerprint density at radius 1 is 0.886 bits per heavy atom. The van der Waals surface area contributed by atoms with Gasteiger partial charge in [-0.2, -0.15) is 0 Å². The second kappa shape index (κ2) is 13.0. The van der Waals surface area contributed by atoms with Crippen LogP contribution in [-0.4, -0.2) is 65.1 Å². The van der Waals surface area contributed by atoms with Gasteiger partial charge < -0.3 is 10.4 Å². The van der Waals surface area contributed by atoms with Gasteiger partial charge in [0.2, 0.25) is 0 Å². The van der Waals surface area contributed by atoms with Crippen molar-refractivity contribution in [3.05, 3.63) is 95.3 Å². The summed E-state index contributed by atoms with van der Waals surface area (Å²) in [6.45, 7) is 6.78. The first-order valence-electron chi connectivity index (χ1n) is 12.0. The molecule has 1 aliphatic heterocycles. The number of carbonyl (C=O) groups excluding carboxylic acids is 1. The van der Waals surface area contributed by atoms with Gasteiger partial charge in [-0.05, 0) is 41.0 Å². The standard InChI is InChI=1S/C27H33N5O3/c33-18-17-31-13-15-32(16-14-31)20-23-5-7-24(8-6-23)21-35-30-27(34)25-3-1-2-4-26(25)29-19-22-9-11-28-12-10-22/h1-12,29,33H,13-21H2,(H,30,34). The Kier molecular flexibility index (Phi) is 9.19. The molecule has 0 saturated carbocycles. The number of hydrogen-bond donors (Lipinski definition) is 3. The number of hydroxylamine groups is 1. The molecule has 1 fully saturated rings. The van der Waals surface area contributed by atoms with Gasteiger partial charge >= 0.3 is 0 Å². The minimum Gasteiger partial charge on any atom is -0.395 e. The van der Waals surface area contributed by atoms with Gasteiger partial charge in [-0.15, -0.1) is 0 Å². The van der Waals surface area contributed by atoms with Crippen LogP contribution >= 0.6 is 0 Å². The Labute approximate surface area is 206 Å². The highest BCUT2D eigenvalue weighted by Gasteiger charge is 2.16. The number of rotatable bonds is 11. The molecule has 184 valence electrons. The summed E-state index contributed by atoms with van der Waals surface area (Å²) in [5, 5.41) is 12.4. The summed E-state index contributed by atoms with van der Waals surface area (Å²) < 4.78 is 0. The Morgan fingerprint density at radius 2 is 1.57 bits per heavy atom. The molecule has 0 radical (unpaired) electrons. The topological polar surface area (TPSA) is 90.0 Å². The van der Waals surface area contributed by atoms with Crippen LogP contribution in [0.5, 0.6) is 0 Å². The Balaban J connectivity index is 1.22. The van der Waals surface area contributed by atoms with Crippen molar-refractivity contribution in [2.75, 3.05) is 44.6 Å². The molecule has 2 aromatic carbocycles. The molecule has 3 N–H and O–H groups in total. The average Bonchev–Trinajstić information content (AvgIpc) is 2.90. The number of β-amino-alcohol motifs (C(OH)–C–C–N with tert-alkyl or cyclic N) is 1. The highest BCUT2D eigenvalue weighted by atomic mass is 16.6. The lowest BCUT2D eigenvalue weighted by Crippen LogP contribution is -2.46. The van der Waals surface area contributed by atoms with Crippen molar-refractivity contribution in [1.82, 2.24) is 20.3 Å². The van der Waals surface area contributed by atoms with Crippen molar-refractivity contribution in [3.8, 4) is 0 Å². The molecule has 0 spiro atoms. The zero-order valence-electron chi connectivity index (χ0n) is 19.9. The van der Waals surface area contributed by atoms with E-state index in [1.165, 1.54) is 5.56 Å². The number of aliphatic hydroxyl groups excluding tert-OH is 1. The zero-order chi connectivity index (χ0) is 24.3. The third-order valence-electron chi connectivity index (χ3n) is 6.12. The van der Waals surface area contributed by atoms with Gasteiger partial charge in [0, 0.05) is 63.9 Å². The van der Waals surface area contributed by atoms with E-state index in [4.69, 9.17) is 9.94 Å². The maximum absolute atomic E-state index is 12.7. The molecule has 3 aromatic rings. The first-order valence-corrected chi connectivity index (χ1v) is 12.0. The molecule has 1 aliphatic rings. The molecule has 2 heterocycles. The van der Waals surface area contributed by atoms with Crippen LogP contribution in [0.2, 0.25) is 0 Å². The van der Waals surface area contributed by atoms with E-state index >= 15 is 0 Å². The summed E-state index contributed by atoms with van der Waals surface area (Å²) in [6, 6.07) is 19.5. The number of nitrogens with one attached hydrogen (secondary N) is 2. The second-order valence-electron chi connectivity index (χ2n) is 8.63. The lowest BCUT2D eigenvalue weighted by Gasteiger charge is -2.34. The van der Waals surface area contributed by atoms with E-state index in [-0.39, 0.29) is 12.5 Å². The van der Waals surface area contributed by atoms with Crippen LogP contribution in [0.3, 0.4) is 0 Å². The van der Waals surface area contributed by atoms with Crippen molar-refractivity contribution >= 4 is 11.6 Å². The van der Waals surface area contributed by atoms with Gasteiger partial charge in [-0.1, -0.05) is 36.4 Å². The number of hydrogen-bond acceptors (Lipinski definition) is 7. The molecular weight excluding hydrogens is 442 g/mol. The summed E-state index contributed by atoms with van der Waals surface area (Å²) in [5.41, 5.74) is 7.15. The predicted molar refractivity (Wildman–Crippen MR) is 136 cm³/mol. The number of amides is 1. The third-order valence-corrected chi connectivity index (χ3v) is 6.12. The fourth-order valence-corrected chi connectivity index (χ4v) is 4.08. The predicted octanol–water partition coefficient (Wildman–Crippen LogP) is 2.67. The molecular formula is C27H33N5O3. The quantitative estimate of drug-likeness (QED) is 0.368. The summed E-state index contributed by atoms with van der Waals surface area (Å²) >= 11 is 0. The van der Waals surface area contributed by atoms with E-state index in [0.717, 1.165) is 56.1 Å². The summed E-state index contributed by atoms with van der Waals surface area (Å²) in [4.78, 5) is 27.0. The number of nitrogens with zero attached hydrogens (tertiary/aromatic N) is 3. The highest BCUT2D eigenvalue weighted by molar-refractivity contribution is 5.98. The van der Waals surface area contributed by atoms with Gasteiger partial charge in [0.25, 0.3) is 5.91 Å². The molecule has 8 nitrogen and oxygen atoms in total. The van der Waals surface area contributed by atoms with Crippen LogP contribution in [0.15, 0.2) is 73.1 Å². The molecule has 8 heteroatoms. The first kappa shape index (κ1) is 24.8. The molecule has 1 aromatic heterocycles. The Morgan fingerprint density at radius 3 is 2.31 bits per heavy atom. The minimum absolute atomic E-state index is 0.222. The number of aromatic nitrogens is 1.